The molecular formula is C14H16O. The van der Waals surface area contributed by atoms with Gasteiger partial charge >= 0.3 is 0 Å². The highest BCUT2D eigenvalue weighted by molar-refractivity contribution is 5.72. The van der Waals surface area contributed by atoms with Gasteiger partial charge in [0.15, 0.2) is 0 Å². The summed E-state index contributed by atoms with van der Waals surface area (Å²) in [6.07, 6.45) is 5.83. The summed E-state index contributed by atoms with van der Waals surface area (Å²) in [5.41, 5.74) is 1.84. The Bertz CT molecular complexity index is 349. The third kappa shape index (κ3) is 3.94. The Hall–Kier alpha value is -1.63. The molecule has 1 aromatic carbocycles. The number of hydrogen-bond acceptors (Lipinski definition) is 1. The number of allylic oxidation sites excluding steroid dienone is 2. The number of carbonyl (C=O) groups is 1. The maximum Gasteiger partial charge on any atom is 0.145 e. The highest BCUT2D eigenvalue weighted by atomic mass is 16.1. The Morgan fingerprint density at radius 2 is 2.07 bits per heavy atom. The monoisotopic (exact) mass is 200 g/mol. The summed E-state index contributed by atoms with van der Waals surface area (Å²) in [5.74, 6) is 0.225. The van der Waals surface area contributed by atoms with Crippen LogP contribution in [-0.4, -0.2) is 6.29 Å². The molecule has 0 N–H and O–H groups in total. The van der Waals surface area contributed by atoms with Crippen LogP contribution in [0.2, 0.25) is 0 Å². The second-order valence-corrected chi connectivity index (χ2v) is 3.64. The lowest BCUT2D eigenvalue weighted by molar-refractivity contribution is -0.105. The van der Waals surface area contributed by atoms with E-state index in [2.05, 4.69) is 30.9 Å². The molecule has 1 rings (SSSR count). The standard InChI is InChI=1S/C14H16O/c1-12(13(2)11-15)7-6-10-14-8-4-3-5-9-14/h3-6,8-12H,2,7H2,1H3/b10-6+. The fraction of sp³-hybridized carbons (Fsp3) is 0.214. The molecule has 0 fully saturated rings. The lowest BCUT2D eigenvalue weighted by atomic mass is 10.00. The van der Waals surface area contributed by atoms with Crippen molar-refractivity contribution in [3.8, 4) is 0 Å². The molecule has 0 amide bonds. The predicted octanol–water partition coefficient (Wildman–Crippen LogP) is 3.48. The summed E-state index contributed by atoms with van der Waals surface area (Å²) in [5, 5.41) is 0. The highest BCUT2D eigenvalue weighted by Gasteiger charge is 2.02. The van der Waals surface area contributed by atoms with E-state index in [0.29, 0.717) is 5.57 Å². The van der Waals surface area contributed by atoms with Crippen molar-refractivity contribution in [3.63, 3.8) is 0 Å². The van der Waals surface area contributed by atoms with Gasteiger partial charge in [-0.2, -0.15) is 0 Å². The van der Waals surface area contributed by atoms with Gasteiger partial charge in [-0.1, -0.05) is 56.0 Å². The summed E-state index contributed by atoms with van der Waals surface area (Å²) < 4.78 is 0. The van der Waals surface area contributed by atoms with Crippen molar-refractivity contribution in [3.05, 3.63) is 54.1 Å². The van der Waals surface area contributed by atoms with E-state index in [-0.39, 0.29) is 5.92 Å². The minimum atomic E-state index is 0.225. The van der Waals surface area contributed by atoms with Crippen molar-refractivity contribution in [1.82, 2.24) is 0 Å². The summed E-state index contributed by atoms with van der Waals surface area (Å²) in [4.78, 5) is 10.5. The van der Waals surface area contributed by atoms with Crippen LogP contribution in [0.25, 0.3) is 6.08 Å². The van der Waals surface area contributed by atoms with Crippen LogP contribution < -0.4 is 0 Å². The summed E-state index contributed by atoms with van der Waals surface area (Å²) in [6.45, 7) is 5.70. The van der Waals surface area contributed by atoms with Crippen molar-refractivity contribution in [2.24, 2.45) is 5.92 Å². The minimum absolute atomic E-state index is 0.225. The Morgan fingerprint density at radius 3 is 2.67 bits per heavy atom. The molecule has 1 atom stereocenters. The van der Waals surface area contributed by atoms with Crippen molar-refractivity contribution in [2.75, 3.05) is 0 Å². The first-order valence-corrected chi connectivity index (χ1v) is 5.09. The fourth-order valence-corrected chi connectivity index (χ4v) is 1.24. The SMILES string of the molecule is C=C(C=O)C(C)C/C=C/c1ccccc1. The van der Waals surface area contributed by atoms with E-state index in [0.717, 1.165) is 12.7 Å². The van der Waals surface area contributed by atoms with Crippen molar-refractivity contribution in [1.29, 1.82) is 0 Å². The van der Waals surface area contributed by atoms with Crippen LogP contribution in [-0.2, 0) is 4.79 Å². The third-order valence-corrected chi connectivity index (χ3v) is 2.38. The van der Waals surface area contributed by atoms with Crippen LogP contribution in [0.1, 0.15) is 18.9 Å². The molecule has 1 aromatic rings. The first-order valence-electron chi connectivity index (χ1n) is 5.09. The number of rotatable bonds is 5. The van der Waals surface area contributed by atoms with Crippen molar-refractivity contribution >= 4 is 12.4 Å². The van der Waals surface area contributed by atoms with Gasteiger partial charge in [-0.25, -0.2) is 0 Å². The van der Waals surface area contributed by atoms with E-state index in [1.54, 1.807) is 0 Å². The van der Waals surface area contributed by atoms with Crippen LogP contribution in [0.5, 0.6) is 0 Å². The molecule has 0 aliphatic carbocycles. The van der Waals surface area contributed by atoms with E-state index < -0.39 is 0 Å². The maximum absolute atomic E-state index is 10.5. The van der Waals surface area contributed by atoms with Crippen molar-refractivity contribution < 1.29 is 4.79 Å². The lowest BCUT2D eigenvalue weighted by Gasteiger charge is -2.05. The normalized spacial score (nSPS) is 12.6. The second-order valence-electron chi connectivity index (χ2n) is 3.64. The molecule has 0 saturated heterocycles. The lowest BCUT2D eigenvalue weighted by Crippen LogP contribution is -1.97. The van der Waals surface area contributed by atoms with Gasteiger partial charge in [-0.15, -0.1) is 0 Å². The third-order valence-electron chi connectivity index (χ3n) is 2.38. The zero-order chi connectivity index (χ0) is 11.1. The van der Waals surface area contributed by atoms with Gasteiger partial charge in [0.2, 0.25) is 0 Å². The van der Waals surface area contributed by atoms with E-state index in [4.69, 9.17) is 0 Å². The summed E-state index contributed by atoms with van der Waals surface area (Å²) in [6, 6.07) is 10.1. The Kier molecular flexibility index (Phi) is 4.55. The largest absolute Gasteiger partial charge is 0.298 e. The Balaban J connectivity index is 2.47. The van der Waals surface area contributed by atoms with Crippen molar-refractivity contribution in [2.45, 2.75) is 13.3 Å². The molecule has 0 aliphatic rings. The number of carbonyl (C=O) groups excluding carboxylic acids is 1. The summed E-state index contributed by atoms with van der Waals surface area (Å²) in [7, 11) is 0. The van der Waals surface area contributed by atoms with Gasteiger partial charge in [-0.3, -0.25) is 4.79 Å². The smallest absolute Gasteiger partial charge is 0.145 e. The zero-order valence-electron chi connectivity index (χ0n) is 9.02. The Labute approximate surface area is 91.1 Å². The molecule has 0 bridgehead atoms. The van der Waals surface area contributed by atoms with Crippen LogP contribution in [0, 0.1) is 5.92 Å². The molecule has 0 aliphatic heterocycles. The average Bonchev–Trinajstić information content (AvgIpc) is 2.29. The van der Waals surface area contributed by atoms with Gasteiger partial charge in [-0.05, 0) is 23.5 Å². The molecule has 0 saturated carbocycles. The number of benzene rings is 1. The van der Waals surface area contributed by atoms with Gasteiger partial charge in [0.1, 0.15) is 6.29 Å². The highest BCUT2D eigenvalue weighted by Crippen LogP contribution is 2.12. The molecule has 0 radical (unpaired) electrons. The second kappa shape index (κ2) is 5.97. The van der Waals surface area contributed by atoms with Gasteiger partial charge < -0.3 is 0 Å². The number of aldehydes is 1. The molecule has 1 heteroatoms. The van der Waals surface area contributed by atoms with Gasteiger partial charge in [0.05, 0.1) is 0 Å². The molecule has 78 valence electrons. The summed E-state index contributed by atoms with van der Waals surface area (Å²) >= 11 is 0. The molecule has 0 heterocycles. The average molecular weight is 200 g/mol. The molecule has 1 nitrogen and oxygen atoms in total. The first-order chi connectivity index (χ1) is 7.24. The first kappa shape index (κ1) is 11.4. The maximum atomic E-state index is 10.5. The van der Waals surface area contributed by atoms with E-state index in [9.17, 15) is 4.79 Å². The molecule has 1 unspecified atom stereocenters. The quantitative estimate of drug-likeness (QED) is 0.525. The molecular weight excluding hydrogens is 184 g/mol. The van der Waals surface area contributed by atoms with E-state index >= 15 is 0 Å². The van der Waals surface area contributed by atoms with Crippen LogP contribution in [0.4, 0.5) is 0 Å². The van der Waals surface area contributed by atoms with Gasteiger partial charge in [0.25, 0.3) is 0 Å². The minimum Gasteiger partial charge on any atom is -0.298 e. The topological polar surface area (TPSA) is 17.1 Å². The van der Waals surface area contributed by atoms with E-state index in [1.807, 2.05) is 25.1 Å². The number of hydrogen-bond donors (Lipinski definition) is 0. The zero-order valence-corrected chi connectivity index (χ0v) is 9.02. The Morgan fingerprint density at radius 1 is 1.40 bits per heavy atom. The van der Waals surface area contributed by atoms with Crippen LogP contribution in [0.15, 0.2) is 48.6 Å². The fourth-order valence-electron chi connectivity index (χ4n) is 1.24. The molecule has 0 aromatic heterocycles. The van der Waals surface area contributed by atoms with Crippen LogP contribution in [0.3, 0.4) is 0 Å². The molecule has 15 heavy (non-hydrogen) atoms. The van der Waals surface area contributed by atoms with Crippen LogP contribution >= 0.6 is 0 Å². The van der Waals surface area contributed by atoms with E-state index in [1.165, 1.54) is 5.56 Å². The predicted molar refractivity (Wildman–Crippen MR) is 64.5 cm³/mol. The molecule has 0 spiro atoms. The van der Waals surface area contributed by atoms with Gasteiger partial charge in [0, 0.05) is 0 Å².